The van der Waals surface area contributed by atoms with Crippen molar-refractivity contribution in [2.24, 2.45) is 0 Å². The number of hydrogen-bond donors (Lipinski definition) is 0. The van der Waals surface area contributed by atoms with Crippen LogP contribution in [-0.4, -0.2) is 19.5 Å². The van der Waals surface area contributed by atoms with Gasteiger partial charge in [-0.3, -0.25) is 4.79 Å². The molecule has 0 aromatic heterocycles. The first-order chi connectivity index (χ1) is 12.1. The summed E-state index contributed by atoms with van der Waals surface area (Å²) in [7, 11) is 1.65. The molecule has 0 amide bonds. The zero-order chi connectivity index (χ0) is 18.1. The molecule has 0 saturated carbocycles. The minimum Gasteiger partial charge on any atom is -0.497 e. The van der Waals surface area contributed by atoms with Crippen LogP contribution in [0.4, 0.5) is 0 Å². The van der Waals surface area contributed by atoms with Crippen LogP contribution in [0, 0.1) is 0 Å². The van der Waals surface area contributed by atoms with Gasteiger partial charge in [-0.2, -0.15) is 0 Å². The van der Waals surface area contributed by atoms with Gasteiger partial charge in [-0.05, 0) is 54.3 Å². The molecule has 0 radical (unpaired) electrons. The fourth-order valence-electron chi connectivity index (χ4n) is 2.39. The van der Waals surface area contributed by atoms with Crippen molar-refractivity contribution in [2.75, 3.05) is 13.7 Å². The van der Waals surface area contributed by atoms with Crippen molar-refractivity contribution < 1.29 is 14.3 Å². The first-order valence-electron chi connectivity index (χ1n) is 8.23. The normalized spacial score (nSPS) is 11.4. The summed E-state index contributed by atoms with van der Waals surface area (Å²) >= 11 is 5.89. The highest BCUT2D eigenvalue weighted by Crippen LogP contribution is 2.15. The summed E-state index contributed by atoms with van der Waals surface area (Å²) in [5.41, 5.74) is 2.97. The van der Waals surface area contributed by atoms with E-state index in [2.05, 4.69) is 0 Å². The molecular formula is C21H23ClO3. The molecule has 2 aromatic carbocycles. The maximum Gasteiger partial charge on any atom is 0.155 e. The summed E-state index contributed by atoms with van der Waals surface area (Å²) in [6.45, 7) is 2.72. The van der Waals surface area contributed by atoms with Crippen molar-refractivity contribution in [3.05, 3.63) is 76.3 Å². The molecule has 0 bridgehead atoms. The van der Waals surface area contributed by atoms with E-state index in [0.29, 0.717) is 31.1 Å². The summed E-state index contributed by atoms with van der Waals surface area (Å²) in [4.78, 5) is 11.8. The monoisotopic (exact) mass is 358 g/mol. The van der Waals surface area contributed by atoms with Crippen LogP contribution in [0.25, 0.3) is 0 Å². The maximum absolute atomic E-state index is 11.8. The number of carbonyl (C=O) groups is 1. The highest BCUT2D eigenvalue weighted by atomic mass is 35.5. The first kappa shape index (κ1) is 19.2. The van der Waals surface area contributed by atoms with Crippen LogP contribution in [0.2, 0.25) is 5.02 Å². The van der Waals surface area contributed by atoms with E-state index in [1.807, 2.05) is 54.6 Å². The fraction of sp³-hybridized carbons (Fsp3) is 0.286. The SMILES string of the molecule is COc1ccc(COCC/C=C(\Cc2ccc(Cl)cc2)C(C)=O)cc1. The van der Waals surface area contributed by atoms with E-state index in [1.54, 1.807) is 14.0 Å². The zero-order valence-electron chi connectivity index (χ0n) is 14.6. The molecule has 0 aliphatic heterocycles. The topological polar surface area (TPSA) is 35.5 Å². The Kier molecular flexibility index (Phi) is 7.71. The fourth-order valence-corrected chi connectivity index (χ4v) is 2.52. The molecule has 132 valence electrons. The van der Waals surface area contributed by atoms with Crippen LogP contribution in [0.3, 0.4) is 0 Å². The minimum absolute atomic E-state index is 0.0881. The number of ether oxygens (including phenoxy) is 2. The van der Waals surface area contributed by atoms with Crippen LogP contribution in [-0.2, 0) is 22.6 Å². The van der Waals surface area contributed by atoms with Gasteiger partial charge in [-0.1, -0.05) is 41.9 Å². The number of ketones is 1. The molecule has 3 nitrogen and oxygen atoms in total. The van der Waals surface area contributed by atoms with Crippen LogP contribution < -0.4 is 4.74 Å². The van der Waals surface area contributed by atoms with Crippen LogP contribution >= 0.6 is 11.6 Å². The molecule has 0 N–H and O–H groups in total. The summed E-state index contributed by atoms with van der Waals surface area (Å²) in [5.74, 6) is 0.921. The molecule has 0 fully saturated rings. The molecule has 2 aromatic rings. The van der Waals surface area contributed by atoms with Crippen LogP contribution in [0.1, 0.15) is 24.5 Å². The second-order valence-corrected chi connectivity index (χ2v) is 6.21. The zero-order valence-corrected chi connectivity index (χ0v) is 15.4. The Morgan fingerprint density at radius 1 is 1.04 bits per heavy atom. The largest absolute Gasteiger partial charge is 0.497 e. The van der Waals surface area contributed by atoms with Crippen molar-refractivity contribution in [2.45, 2.75) is 26.4 Å². The number of halogens is 1. The molecule has 0 aliphatic rings. The van der Waals surface area contributed by atoms with E-state index < -0.39 is 0 Å². The third-order valence-corrected chi connectivity index (χ3v) is 4.09. The Bertz CT molecular complexity index is 703. The van der Waals surface area contributed by atoms with Gasteiger partial charge in [0.05, 0.1) is 20.3 Å². The summed E-state index contributed by atoms with van der Waals surface area (Å²) < 4.78 is 10.8. The third-order valence-electron chi connectivity index (χ3n) is 3.84. The van der Waals surface area contributed by atoms with Crippen LogP contribution in [0.5, 0.6) is 5.75 Å². The van der Waals surface area contributed by atoms with Gasteiger partial charge >= 0.3 is 0 Å². The second-order valence-electron chi connectivity index (χ2n) is 5.78. The first-order valence-corrected chi connectivity index (χ1v) is 8.61. The number of benzene rings is 2. The van der Waals surface area contributed by atoms with E-state index in [1.165, 1.54) is 0 Å². The molecule has 0 heterocycles. The lowest BCUT2D eigenvalue weighted by molar-refractivity contribution is -0.113. The lowest BCUT2D eigenvalue weighted by Crippen LogP contribution is -2.02. The van der Waals surface area contributed by atoms with E-state index in [4.69, 9.17) is 21.1 Å². The van der Waals surface area contributed by atoms with Gasteiger partial charge in [0.2, 0.25) is 0 Å². The number of carbonyl (C=O) groups excluding carboxylic acids is 1. The maximum atomic E-state index is 11.8. The van der Waals surface area contributed by atoms with E-state index >= 15 is 0 Å². The minimum atomic E-state index is 0.0881. The Balaban J connectivity index is 1.80. The predicted octanol–water partition coefficient (Wildman–Crippen LogP) is 5.01. The lowest BCUT2D eigenvalue weighted by atomic mass is 10.0. The summed E-state index contributed by atoms with van der Waals surface area (Å²) in [6.07, 6.45) is 3.29. The van der Waals surface area contributed by atoms with E-state index in [-0.39, 0.29) is 5.78 Å². The van der Waals surface area contributed by atoms with Gasteiger partial charge in [0.1, 0.15) is 5.75 Å². The van der Waals surface area contributed by atoms with Crippen LogP contribution in [0.15, 0.2) is 60.2 Å². The van der Waals surface area contributed by atoms with Crippen molar-refractivity contribution in [3.8, 4) is 5.75 Å². The molecule has 0 aliphatic carbocycles. The van der Waals surface area contributed by atoms with Gasteiger partial charge in [0, 0.05) is 11.4 Å². The average Bonchev–Trinajstić information content (AvgIpc) is 2.62. The van der Waals surface area contributed by atoms with Gasteiger partial charge in [-0.15, -0.1) is 0 Å². The Morgan fingerprint density at radius 2 is 1.68 bits per heavy atom. The molecule has 4 heteroatoms. The second kappa shape index (κ2) is 10.0. The number of Topliss-reactive ketones (excluding diaryl/α,β-unsaturated/α-hetero) is 1. The van der Waals surface area contributed by atoms with E-state index in [0.717, 1.165) is 22.4 Å². The van der Waals surface area contributed by atoms with Gasteiger partial charge in [0.25, 0.3) is 0 Å². The summed E-state index contributed by atoms with van der Waals surface area (Å²) in [6, 6.07) is 15.4. The average molecular weight is 359 g/mol. The predicted molar refractivity (Wildman–Crippen MR) is 101 cm³/mol. The molecule has 2 rings (SSSR count). The van der Waals surface area contributed by atoms with Gasteiger partial charge in [-0.25, -0.2) is 0 Å². The molecular weight excluding hydrogens is 336 g/mol. The third kappa shape index (κ3) is 6.73. The highest BCUT2D eigenvalue weighted by Gasteiger charge is 2.05. The highest BCUT2D eigenvalue weighted by molar-refractivity contribution is 6.30. The molecule has 0 atom stereocenters. The number of allylic oxidation sites excluding steroid dienone is 1. The standard InChI is InChI=1S/C21H23ClO3/c1-16(23)19(14-17-5-9-20(22)10-6-17)4-3-13-25-15-18-7-11-21(24-2)12-8-18/h4-12H,3,13-15H2,1-2H3/b19-4+. The van der Waals surface area contributed by atoms with Crippen molar-refractivity contribution >= 4 is 17.4 Å². The number of methoxy groups -OCH3 is 1. The molecule has 0 spiro atoms. The molecule has 0 unspecified atom stereocenters. The van der Waals surface area contributed by atoms with Gasteiger partial charge < -0.3 is 9.47 Å². The smallest absolute Gasteiger partial charge is 0.155 e. The van der Waals surface area contributed by atoms with E-state index in [9.17, 15) is 4.79 Å². The lowest BCUT2D eigenvalue weighted by Gasteiger charge is -2.06. The Morgan fingerprint density at radius 3 is 2.28 bits per heavy atom. The molecule has 25 heavy (non-hydrogen) atoms. The number of hydrogen-bond acceptors (Lipinski definition) is 3. The van der Waals surface area contributed by atoms with Gasteiger partial charge in [0.15, 0.2) is 5.78 Å². The van der Waals surface area contributed by atoms with Crippen molar-refractivity contribution in [1.29, 1.82) is 0 Å². The quantitative estimate of drug-likeness (QED) is 0.466. The Hall–Kier alpha value is -2.10. The van der Waals surface area contributed by atoms with Crippen molar-refractivity contribution in [3.63, 3.8) is 0 Å². The summed E-state index contributed by atoms with van der Waals surface area (Å²) in [5, 5.41) is 0.698. The van der Waals surface area contributed by atoms with Crippen molar-refractivity contribution in [1.82, 2.24) is 0 Å². The Labute approximate surface area is 154 Å². The number of rotatable bonds is 9. The molecule has 0 saturated heterocycles.